The van der Waals surface area contributed by atoms with Crippen molar-refractivity contribution in [1.82, 2.24) is 15.1 Å². The SMILES string of the molecule is Cl.O=C(Nc1ccc(OC2CCCC2)c(F)c1)c1ccn(C2CCCNC2)n1. The minimum Gasteiger partial charge on any atom is -0.487 e. The van der Waals surface area contributed by atoms with Crippen molar-refractivity contribution in [1.29, 1.82) is 0 Å². The third-order valence-electron chi connectivity index (χ3n) is 5.27. The maximum Gasteiger partial charge on any atom is 0.276 e. The Bertz CT molecular complexity index is 801. The summed E-state index contributed by atoms with van der Waals surface area (Å²) in [5.74, 6) is -0.561. The molecule has 1 amide bonds. The van der Waals surface area contributed by atoms with Gasteiger partial charge in [0, 0.05) is 24.5 Å². The van der Waals surface area contributed by atoms with Gasteiger partial charge in [-0.2, -0.15) is 5.10 Å². The third-order valence-corrected chi connectivity index (χ3v) is 5.27. The monoisotopic (exact) mass is 408 g/mol. The van der Waals surface area contributed by atoms with E-state index in [9.17, 15) is 9.18 Å². The molecule has 1 aromatic carbocycles. The van der Waals surface area contributed by atoms with Crippen LogP contribution in [0.1, 0.15) is 55.1 Å². The third kappa shape index (κ3) is 4.83. The largest absolute Gasteiger partial charge is 0.487 e. The summed E-state index contributed by atoms with van der Waals surface area (Å²) in [4.78, 5) is 12.4. The van der Waals surface area contributed by atoms with Crippen LogP contribution in [0.3, 0.4) is 0 Å². The molecule has 0 spiro atoms. The maximum atomic E-state index is 14.3. The number of anilines is 1. The normalized spacial score (nSPS) is 19.8. The second kappa shape index (κ2) is 9.39. The van der Waals surface area contributed by atoms with Gasteiger partial charge in [0.25, 0.3) is 5.91 Å². The highest BCUT2D eigenvalue weighted by atomic mass is 35.5. The van der Waals surface area contributed by atoms with Crippen LogP contribution in [-0.2, 0) is 0 Å². The van der Waals surface area contributed by atoms with Gasteiger partial charge < -0.3 is 15.4 Å². The number of carbonyl (C=O) groups excluding carboxylic acids is 1. The Hall–Kier alpha value is -2.12. The van der Waals surface area contributed by atoms with Crippen LogP contribution in [0.5, 0.6) is 5.75 Å². The molecule has 0 bridgehead atoms. The van der Waals surface area contributed by atoms with Crippen molar-refractivity contribution < 1.29 is 13.9 Å². The summed E-state index contributed by atoms with van der Waals surface area (Å²) in [6, 6.07) is 6.50. The summed E-state index contributed by atoms with van der Waals surface area (Å²) in [5.41, 5.74) is 0.720. The quantitative estimate of drug-likeness (QED) is 0.786. The molecule has 6 nitrogen and oxygen atoms in total. The number of rotatable bonds is 5. The zero-order valence-electron chi connectivity index (χ0n) is 15.7. The lowest BCUT2D eigenvalue weighted by Crippen LogP contribution is -2.32. The van der Waals surface area contributed by atoms with E-state index in [0.717, 1.165) is 51.6 Å². The molecule has 1 saturated carbocycles. The molecule has 1 aliphatic heterocycles. The zero-order chi connectivity index (χ0) is 18.6. The van der Waals surface area contributed by atoms with Crippen molar-refractivity contribution in [2.24, 2.45) is 0 Å². The van der Waals surface area contributed by atoms with Gasteiger partial charge >= 0.3 is 0 Å². The highest BCUT2D eigenvalue weighted by Gasteiger charge is 2.20. The number of piperidine rings is 1. The van der Waals surface area contributed by atoms with Crippen molar-refractivity contribution >= 4 is 24.0 Å². The van der Waals surface area contributed by atoms with E-state index in [-0.39, 0.29) is 36.2 Å². The molecule has 2 fully saturated rings. The van der Waals surface area contributed by atoms with Gasteiger partial charge in [0.1, 0.15) is 0 Å². The minimum atomic E-state index is -0.460. The first-order valence-corrected chi connectivity index (χ1v) is 9.72. The highest BCUT2D eigenvalue weighted by molar-refractivity contribution is 6.02. The van der Waals surface area contributed by atoms with Crippen molar-refractivity contribution in [3.63, 3.8) is 0 Å². The topological polar surface area (TPSA) is 68.2 Å². The second-order valence-corrected chi connectivity index (χ2v) is 7.30. The van der Waals surface area contributed by atoms with E-state index in [1.54, 1.807) is 18.2 Å². The van der Waals surface area contributed by atoms with Crippen LogP contribution < -0.4 is 15.4 Å². The molecule has 1 aliphatic carbocycles. The van der Waals surface area contributed by atoms with Gasteiger partial charge in [0.15, 0.2) is 17.3 Å². The number of nitrogens with zero attached hydrogens (tertiary/aromatic N) is 2. The van der Waals surface area contributed by atoms with E-state index in [1.807, 2.05) is 10.9 Å². The lowest BCUT2D eigenvalue weighted by Gasteiger charge is -2.22. The molecular formula is C20H26ClFN4O2. The van der Waals surface area contributed by atoms with E-state index in [0.29, 0.717) is 11.4 Å². The molecule has 2 heterocycles. The first-order chi connectivity index (χ1) is 13.2. The Balaban J connectivity index is 0.00000225. The zero-order valence-corrected chi connectivity index (χ0v) is 16.5. The summed E-state index contributed by atoms with van der Waals surface area (Å²) in [6.07, 6.45) is 8.26. The molecule has 28 heavy (non-hydrogen) atoms. The fourth-order valence-electron chi connectivity index (χ4n) is 3.78. The van der Waals surface area contributed by atoms with Crippen LogP contribution >= 0.6 is 12.4 Å². The van der Waals surface area contributed by atoms with Crippen molar-refractivity contribution in [3.05, 3.63) is 42.0 Å². The molecule has 1 saturated heterocycles. The minimum absolute atomic E-state index is 0. The first kappa shape index (κ1) is 20.6. The van der Waals surface area contributed by atoms with Crippen LogP contribution in [0, 0.1) is 5.82 Å². The van der Waals surface area contributed by atoms with Gasteiger partial charge in [-0.3, -0.25) is 9.48 Å². The summed E-state index contributed by atoms with van der Waals surface area (Å²) >= 11 is 0. The number of aromatic nitrogens is 2. The Morgan fingerprint density at radius 2 is 2.04 bits per heavy atom. The van der Waals surface area contributed by atoms with E-state index in [4.69, 9.17) is 4.74 Å². The van der Waals surface area contributed by atoms with Gasteiger partial charge in [0.05, 0.1) is 12.1 Å². The Morgan fingerprint density at radius 3 is 2.75 bits per heavy atom. The predicted octanol–water partition coefficient (Wildman–Crippen LogP) is 3.94. The fraction of sp³-hybridized carbons (Fsp3) is 0.500. The number of hydrogen-bond acceptors (Lipinski definition) is 4. The van der Waals surface area contributed by atoms with Crippen molar-refractivity contribution in [2.75, 3.05) is 18.4 Å². The fourth-order valence-corrected chi connectivity index (χ4v) is 3.78. The average Bonchev–Trinajstić information content (AvgIpc) is 3.37. The smallest absolute Gasteiger partial charge is 0.276 e. The number of hydrogen-bond donors (Lipinski definition) is 2. The molecule has 2 aromatic rings. The van der Waals surface area contributed by atoms with Gasteiger partial charge in [-0.1, -0.05) is 0 Å². The maximum absolute atomic E-state index is 14.3. The van der Waals surface area contributed by atoms with Gasteiger partial charge in [-0.15, -0.1) is 12.4 Å². The predicted molar refractivity (Wildman–Crippen MR) is 108 cm³/mol. The first-order valence-electron chi connectivity index (χ1n) is 9.72. The number of carbonyl (C=O) groups is 1. The van der Waals surface area contributed by atoms with Crippen LogP contribution in [0.4, 0.5) is 10.1 Å². The van der Waals surface area contributed by atoms with Gasteiger partial charge in [-0.05, 0) is 63.3 Å². The Morgan fingerprint density at radius 1 is 1.21 bits per heavy atom. The highest BCUT2D eigenvalue weighted by Crippen LogP contribution is 2.27. The number of nitrogens with one attached hydrogen (secondary N) is 2. The van der Waals surface area contributed by atoms with E-state index in [1.165, 1.54) is 6.07 Å². The molecule has 0 radical (unpaired) electrons. The molecule has 1 atom stereocenters. The molecule has 2 N–H and O–H groups in total. The van der Waals surface area contributed by atoms with Crippen LogP contribution in [0.15, 0.2) is 30.5 Å². The number of ether oxygens (including phenoxy) is 1. The number of amides is 1. The lowest BCUT2D eigenvalue weighted by molar-refractivity contribution is 0.102. The van der Waals surface area contributed by atoms with Crippen molar-refractivity contribution in [2.45, 2.75) is 50.7 Å². The number of halogens is 2. The molecule has 4 rings (SSSR count). The van der Waals surface area contributed by atoms with E-state index >= 15 is 0 Å². The molecule has 8 heteroatoms. The molecule has 152 valence electrons. The molecule has 1 unspecified atom stereocenters. The van der Waals surface area contributed by atoms with Crippen LogP contribution in [0.25, 0.3) is 0 Å². The summed E-state index contributed by atoms with van der Waals surface area (Å²) < 4.78 is 21.8. The molecule has 1 aromatic heterocycles. The van der Waals surface area contributed by atoms with Gasteiger partial charge in [-0.25, -0.2) is 4.39 Å². The molecule has 2 aliphatic rings. The van der Waals surface area contributed by atoms with E-state index in [2.05, 4.69) is 15.7 Å². The Kier molecular flexibility index (Phi) is 6.91. The van der Waals surface area contributed by atoms with Gasteiger partial charge in [0.2, 0.25) is 0 Å². The standard InChI is InChI=1S/C20H25FN4O2.ClH/c21-17-12-14(7-8-19(17)27-16-5-1-2-6-16)23-20(26)18-9-11-25(24-18)15-4-3-10-22-13-15;/h7-9,11-12,15-16,22H,1-6,10,13H2,(H,23,26);1H. The summed E-state index contributed by atoms with van der Waals surface area (Å²) in [7, 11) is 0. The second-order valence-electron chi connectivity index (χ2n) is 7.30. The van der Waals surface area contributed by atoms with Crippen LogP contribution in [-0.4, -0.2) is 34.9 Å². The lowest BCUT2D eigenvalue weighted by atomic mass is 10.1. The van der Waals surface area contributed by atoms with Crippen molar-refractivity contribution in [3.8, 4) is 5.75 Å². The average molecular weight is 409 g/mol. The number of benzene rings is 1. The molecular weight excluding hydrogens is 383 g/mol. The summed E-state index contributed by atoms with van der Waals surface area (Å²) in [6.45, 7) is 1.88. The van der Waals surface area contributed by atoms with E-state index < -0.39 is 5.82 Å². The summed E-state index contributed by atoms with van der Waals surface area (Å²) in [5, 5.41) is 10.4. The van der Waals surface area contributed by atoms with Crippen LogP contribution in [0.2, 0.25) is 0 Å². The Labute approximate surface area is 170 Å².